The van der Waals surface area contributed by atoms with Crippen molar-refractivity contribution in [1.29, 1.82) is 0 Å². The van der Waals surface area contributed by atoms with Gasteiger partial charge in [-0.25, -0.2) is 4.79 Å². The molecule has 0 saturated heterocycles. The van der Waals surface area contributed by atoms with Gasteiger partial charge in [0.1, 0.15) is 17.1 Å². The number of carbonyl (C=O) groups excluding carboxylic acids is 1. The van der Waals surface area contributed by atoms with Crippen molar-refractivity contribution in [3.05, 3.63) is 72.2 Å². The van der Waals surface area contributed by atoms with Gasteiger partial charge >= 0.3 is 5.97 Å². The maximum absolute atomic E-state index is 13.0. The summed E-state index contributed by atoms with van der Waals surface area (Å²) in [6, 6.07) is 16.4. The average Bonchev–Trinajstić information content (AvgIpc) is 3.11. The monoisotopic (exact) mass is 476 g/mol. The van der Waals surface area contributed by atoms with Crippen LogP contribution in [0.2, 0.25) is 0 Å². The lowest BCUT2D eigenvalue weighted by Crippen LogP contribution is -2.62. The van der Waals surface area contributed by atoms with Gasteiger partial charge in [0.05, 0.1) is 32.0 Å². The van der Waals surface area contributed by atoms with Gasteiger partial charge in [-0.05, 0) is 24.3 Å². The molecule has 0 radical (unpaired) electrons. The Hall–Kier alpha value is -2.99. The van der Waals surface area contributed by atoms with Crippen LogP contribution in [0.3, 0.4) is 0 Å². The molecule has 1 aliphatic rings. The van der Waals surface area contributed by atoms with Crippen LogP contribution in [0.1, 0.15) is 12.8 Å². The molecular formula is C24H28O10. The fourth-order valence-electron chi connectivity index (χ4n) is 3.80. The number of hydrogen-bond acceptors (Lipinski definition) is 10. The summed E-state index contributed by atoms with van der Waals surface area (Å²) >= 11 is 0. The molecule has 0 amide bonds. The molecule has 1 aliphatic heterocycles. The van der Waals surface area contributed by atoms with E-state index in [4.69, 9.17) is 14.2 Å². The summed E-state index contributed by atoms with van der Waals surface area (Å²) in [6.45, 7) is -2.59. The Bertz CT molecular complexity index is 980. The van der Waals surface area contributed by atoms with Crippen LogP contribution in [0.15, 0.2) is 72.2 Å². The summed E-state index contributed by atoms with van der Waals surface area (Å²) in [7, 11) is 0. The number of esters is 1. The number of benzene rings is 2. The third-order valence-corrected chi connectivity index (χ3v) is 5.48. The maximum atomic E-state index is 13.0. The van der Waals surface area contributed by atoms with Crippen molar-refractivity contribution in [2.45, 2.75) is 36.3 Å². The van der Waals surface area contributed by atoms with Crippen molar-refractivity contribution in [3.8, 4) is 11.5 Å². The molecule has 4 atom stereocenters. The van der Waals surface area contributed by atoms with Crippen LogP contribution in [-0.2, 0) is 9.53 Å². The first-order valence-corrected chi connectivity index (χ1v) is 10.6. The number of para-hydroxylation sites is 2. The molecule has 34 heavy (non-hydrogen) atoms. The second-order valence-electron chi connectivity index (χ2n) is 7.98. The van der Waals surface area contributed by atoms with E-state index in [2.05, 4.69) is 0 Å². The smallest absolute Gasteiger partial charge is 0.379 e. The molecule has 6 N–H and O–H groups in total. The maximum Gasteiger partial charge on any atom is 0.379 e. The molecule has 2 unspecified atom stereocenters. The molecule has 10 nitrogen and oxygen atoms in total. The Kier molecular flexibility index (Phi) is 8.26. The molecule has 3 rings (SSSR count). The van der Waals surface area contributed by atoms with Gasteiger partial charge in [-0.15, -0.1) is 0 Å². The summed E-state index contributed by atoms with van der Waals surface area (Å²) in [6.07, 6.45) is -4.32. The van der Waals surface area contributed by atoms with E-state index in [0.717, 1.165) is 0 Å². The Morgan fingerprint density at radius 1 is 0.853 bits per heavy atom. The zero-order valence-corrected chi connectivity index (χ0v) is 18.3. The molecule has 0 aromatic heterocycles. The second kappa shape index (κ2) is 11.0. The van der Waals surface area contributed by atoms with Crippen molar-refractivity contribution < 1.29 is 49.6 Å². The minimum absolute atomic E-state index is 0.218. The summed E-state index contributed by atoms with van der Waals surface area (Å²) < 4.78 is 17.3. The van der Waals surface area contributed by atoms with Crippen LogP contribution < -0.4 is 9.47 Å². The highest BCUT2D eigenvalue weighted by Gasteiger charge is 2.64. The minimum atomic E-state index is -2.45. The van der Waals surface area contributed by atoms with Gasteiger partial charge in [-0.2, -0.15) is 0 Å². The van der Waals surface area contributed by atoms with Crippen LogP contribution in [0.4, 0.5) is 0 Å². The number of aliphatic hydroxyl groups excluding tert-OH is 5. The van der Waals surface area contributed by atoms with Crippen molar-refractivity contribution in [2.24, 2.45) is 0 Å². The summed E-state index contributed by atoms with van der Waals surface area (Å²) in [5, 5.41) is 60.9. The van der Waals surface area contributed by atoms with E-state index in [1.807, 2.05) is 0 Å². The molecule has 0 fully saturated rings. The van der Waals surface area contributed by atoms with Gasteiger partial charge in [0.15, 0.2) is 0 Å². The molecule has 0 aliphatic carbocycles. The standard InChI is InChI=1S/C24H28O10/c25-13-16(28)11-23(31,15-27)24(12-17(29)14-26)21(33-19-9-5-2-6-10-19)20(22(30)34-24)32-18-7-3-1-4-8-18/h1-10,16-17,25-29,31H,11-15H2/t16?,17?,23-,24-/m0/s1. The van der Waals surface area contributed by atoms with Gasteiger partial charge in [0.2, 0.25) is 11.4 Å². The zero-order valence-electron chi connectivity index (χ0n) is 18.3. The molecule has 0 bridgehead atoms. The van der Waals surface area contributed by atoms with Crippen LogP contribution in [0.25, 0.3) is 0 Å². The number of carbonyl (C=O) groups is 1. The van der Waals surface area contributed by atoms with Gasteiger partial charge in [-0.1, -0.05) is 36.4 Å². The van der Waals surface area contributed by atoms with E-state index in [-0.39, 0.29) is 17.3 Å². The fourth-order valence-corrected chi connectivity index (χ4v) is 3.80. The van der Waals surface area contributed by atoms with E-state index < -0.39 is 67.8 Å². The lowest BCUT2D eigenvalue weighted by Gasteiger charge is -2.44. The average molecular weight is 476 g/mol. The minimum Gasteiger partial charge on any atom is -0.453 e. The normalized spacial score (nSPS) is 21.5. The summed E-state index contributed by atoms with van der Waals surface area (Å²) in [5.74, 6) is -1.43. The lowest BCUT2D eigenvalue weighted by atomic mass is 9.74. The first-order valence-electron chi connectivity index (χ1n) is 10.6. The summed E-state index contributed by atoms with van der Waals surface area (Å²) in [4.78, 5) is 13.0. The molecule has 0 saturated carbocycles. The van der Waals surface area contributed by atoms with Crippen LogP contribution >= 0.6 is 0 Å². The van der Waals surface area contributed by atoms with Crippen molar-refractivity contribution >= 4 is 5.97 Å². The van der Waals surface area contributed by atoms with Gasteiger partial charge in [0, 0.05) is 12.8 Å². The quantitative estimate of drug-likeness (QED) is 0.227. The predicted octanol–water partition coefficient (Wildman–Crippen LogP) is -0.138. The Labute approximate surface area is 195 Å². The van der Waals surface area contributed by atoms with E-state index in [1.165, 1.54) is 0 Å². The number of hydrogen-bond donors (Lipinski definition) is 6. The SMILES string of the molecule is O=C1O[C@](CC(O)CO)([C@@](O)(CO)CC(O)CO)C(Oc2ccccc2)=C1Oc1ccccc1. The highest BCUT2D eigenvalue weighted by Crippen LogP contribution is 2.47. The van der Waals surface area contributed by atoms with Crippen LogP contribution in [0, 0.1) is 0 Å². The number of cyclic esters (lactones) is 1. The lowest BCUT2D eigenvalue weighted by molar-refractivity contribution is -0.208. The second-order valence-corrected chi connectivity index (χ2v) is 7.98. The highest BCUT2D eigenvalue weighted by molar-refractivity contribution is 5.91. The molecule has 1 heterocycles. The van der Waals surface area contributed by atoms with Gasteiger partial charge in [0.25, 0.3) is 5.76 Å². The Morgan fingerprint density at radius 2 is 1.38 bits per heavy atom. The number of ether oxygens (including phenoxy) is 3. The highest BCUT2D eigenvalue weighted by atomic mass is 16.6. The fraction of sp³-hybridized carbons (Fsp3) is 0.375. The largest absolute Gasteiger partial charge is 0.453 e. The van der Waals surface area contributed by atoms with Gasteiger partial charge < -0.3 is 44.8 Å². The van der Waals surface area contributed by atoms with E-state index >= 15 is 0 Å². The van der Waals surface area contributed by atoms with Crippen LogP contribution in [0.5, 0.6) is 11.5 Å². The topological polar surface area (TPSA) is 166 Å². The Balaban J connectivity index is 2.22. The first kappa shape index (κ1) is 25.6. The molecule has 184 valence electrons. The first-order chi connectivity index (χ1) is 16.3. The molecular weight excluding hydrogens is 448 g/mol. The van der Waals surface area contributed by atoms with E-state index in [1.54, 1.807) is 60.7 Å². The molecule has 2 aromatic rings. The predicted molar refractivity (Wildman–Crippen MR) is 117 cm³/mol. The zero-order chi connectivity index (χ0) is 24.8. The van der Waals surface area contributed by atoms with E-state index in [9.17, 15) is 35.4 Å². The van der Waals surface area contributed by atoms with E-state index in [0.29, 0.717) is 0 Å². The third-order valence-electron chi connectivity index (χ3n) is 5.48. The number of aliphatic hydroxyl groups is 6. The van der Waals surface area contributed by atoms with Crippen molar-refractivity contribution in [3.63, 3.8) is 0 Å². The Morgan fingerprint density at radius 3 is 1.88 bits per heavy atom. The van der Waals surface area contributed by atoms with Crippen LogP contribution in [-0.4, -0.2) is 79.8 Å². The molecule has 10 heteroatoms. The van der Waals surface area contributed by atoms with Crippen molar-refractivity contribution in [1.82, 2.24) is 0 Å². The molecule has 0 spiro atoms. The third kappa shape index (κ3) is 5.22. The van der Waals surface area contributed by atoms with Gasteiger partial charge in [-0.3, -0.25) is 0 Å². The van der Waals surface area contributed by atoms with Crippen molar-refractivity contribution in [2.75, 3.05) is 19.8 Å². The number of rotatable bonds is 12. The molecule has 2 aromatic carbocycles. The summed E-state index contributed by atoms with van der Waals surface area (Å²) in [5.41, 5.74) is -4.75.